The zero-order valence-electron chi connectivity index (χ0n) is 11.2. The second-order valence-corrected chi connectivity index (χ2v) is 5.23. The summed E-state index contributed by atoms with van der Waals surface area (Å²) in [7, 11) is 0. The van der Waals surface area contributed by atoms with Crippen molar-refractivity contribution in [1.29, 1.82) is 0 Å². The smallest absolute Gasteiger partial charge is 0.0671 e. The Morgan fingerprint density at radius 2 is 2.00 bits per heavy atom. The maximum absolute atomic E-state index is 5.95. The number of fused-ring (bicyclic) bond motifs is 1. The third-order valence-corrected chi connectivity index (χ3v) is 3.75. The molecule has 102 valence electrons. The number of halogens is 1. The molecule has 1 unspecified atom stereocenters. The Morgan fingerprint density at radius 3 is 2.75 bits per heavy atom. The molecular weight excluding hydrogens is 270 g/mol. The zero-order chi connectivity index (χ0) is 13.9. The quantitative estimate of drug-likeness (QED) is 0.724. The number of rotatable bonds is 4. The van der Waals surface area contributed by atoms with Crippen LogP contribution >= 0.6 is 11.6 Å². The Bertz CT molecular complexity index is 703. The van der Waals surface area contributed by atoms with E-state index in [1.165, 1.54) is 5.56 Å². The van der Waals surface area contributed by atoms with Gasteiger partial charge in [-0.3, -0.25) is 5.10 Å². The monoisotopic (exact) mass is 285 g/mol. The van der Waals surface area contributed by atoms with E-state index >= 15 is 0 Å². The predicted octanol–water partition coefficient (Wildman–Crippen LogP) is 4.78. The van der Waals surface area contributed by atoms with Gasteiger partial charge in [0.1, 0.15) is 0 Å². The molecule has 0 bridgehead atoms. The molecule has 3 rings (SSSR count). The average molecular weight is 286 g/mol. The molecule has 1 aromatic heterocycles. The molecule has 2 aromatic carbocycles. The van der Waals surface area contributed by atoms with Crippen molar-refractivity contribution in [2.75, 3.05) is 5.32 Å². The molecule has 0 fully saturated rings. The summed E-state index contributed by atoms with van der Waals surface area (Å²) in [5.74, 6) is 0. The predicted molar refractivity (Wildman–Crippen MR) is 84.2 cm³/mol. The number of nitrogens with one attached hydrogen (secondary N) is 2. The van der Waals surface area contributed by atoms with Crippen molar-refractivity contribution in [1.82, 2.24) is 10.2 Å². The molecule has 2 N–H and O–H groups in total. The molecule has 0 spiro atoms. The first-order chi connectivity index (χ1) is 9.78. The summed E-state index contributed by atoms with van der Waals surface area (Å²) in [5.41, 5.74) is 3.37. The van der Waals surface area contributed by atoms with Gasteiger partial charge in [0.2, 0.25) is 0 Å². The van der Waals surface area contributed by atoms with Crippen LogP contribution in [0.2, 0.25) is 5.02 Å². The molecule has 0 aliphatic heterocycles. The molecule has 0 radical (unpaired) electrons. The second kappa shape index (κ2) is 5.55. The largest absolute Gasteiger partial charge is 0.378 e. The standard InChI is InChI=1S/C16H16ClN3/c1-2-14(11-6-8-12(17)9-7-11)19-15-4-3-5-16-13(15)10-18-20-16/h3-10,14,19H,2H2,1H3,(H,18,20). The third kappa shape index (κ3) is 2.49. The van der Waals surface area contributed by atoms with Crippen LogP contribution in [0.4, 0.5) is 5.69 Å². The first-order valence-electron chi connectivity index (χ1n) is 6.72. The van der Waals surface area contributed by atoms with Crippen LogP contribution < -0.4 is 5.32 Å². The lowest BCUT2D eigenvalue weighted by Gasteiger charge is -2.19. The van der Waals surface area contributed by atoms with Crippen LogP contribution in [0.1, 0.15) is 24.9 Å². The first kappa shape index (κ1) is 13.0. The number of benzene rings is 2. The molecule has 0 saturated carbocycles. The van der Waals surface area contributed by atoms with E-state index in [0.717, 1.165) is 28.0 Å². The number of hydrogen-bond donors (Lipinski definition) is 2. The fourth-order valence-corrected chi connectivity index (χ4v) is 2.52. The first-order valence-corrected chi connectivity index (χ1v) is 7.10. The lowest BCUT2D eigenvalue weighted by atomic mass is 10.0. The summed E-state index contributed by atoms with van der Waals surface area (Å²) >= 11 is 5.95. The minimum absolute atomic E-state index is 0.257. The Morgan fingerprint density at radius 1 is 1.20 bits per heavy atom. The molecule has 0 aliphatic carbocycles. The van der Waals surface area contributed by atoms with Crippen molar-refractivity contribution in [3.8, 4) is 0 Å². The van der Waals surface area contributed by atoms with Crippen LogP contribution in [-0.2, 0) is 0 Å². The number of aromatic nitrogens is 2. The molecule has 3 aromatic rings. The summed E-state index contributed by atoms with van der Waals surface area (Å²) in [4.78, 5) is 0. The van der Waals surface area contributed by atoms with Crippen LogP contribution in [0.5, 0.6) is 0 Å². The van der Waals surface area contributed by atoms with E-state index in [-0.39, 0.29) is 6.04 Å². The topological polar surface area (TPSA) is 40.7 Å². The highest BCUT2D eigenvalue weighted by atomic mass is 35.5. The Kier molecular flexibility index (Phi) is 3.61. The van der Waals surface area contributed by atoms with Crippen molar-refractivity contribution in [3.63, 3.8) is 0 Å². The maximum Gasteiger partial charge on any atom is 0.0671 e. The third-order valence-electron chi connectivity index (χ3n) is 3.50. The summed E-state index contributed by atoms with van der Waals surface area (Å²) in [6.45, 7) is 2.17. The van der Waals surface area contributed by atoms with Gasteiger partial charge in [0.05, 0.1) is 17.8 Å². The van der Waals surface area contributed by atoms with Gasteiger partial charge in [-0.05, 0) is 36.2 Å². The van der Waals surface area contributed by atoms with Gasteiger partial charge < -0.3 is 5.32 Å². The normalized spacial score (nSPS) is 12.5. The van der Waals surface area contributed by atoms with Crippen molar-refractivity contribution < 1.29 is 0 Å². The summed E-state index contributed by atoms with van der Waals surface area (Å²) in [5, 5.41) is 12.6. The fraction of sp³-hybridized carbons (Fsp3) is 0.188. The molecule has 0 saturated heterocycles. The van der Waals surface area contributed by atoms with E-state index in [4.69, 9.17) is 11.6 Å². The molecule has 3 nitrogen and oxygen atoms in total. The summed E-state index contributed by atoms with van der Waals surface area (Å²) < 4.78 is 0. The van der Waals surface area contributed by atoms with Crippen molar-refractivity contribution in [2.24, 2.45) is 0 Å². The Labute approximate surface area is 123 Å². The van der Waals surface area contributed by atoms with Gasteiger partial charge in [-0.2, -0.15) is 5.10 Å². The van der Waals surface area contributed by atoms with E-state index in [1.807, 2.05) is 30.5 Å². The highest BCUT2D eigenvalue weighted by Crippen LogP contribution is 2.28. The van der Waals surface area contributed by atoms with Crippen LogP contribution in [0.3, 0.4) is 0 Å². The van der Waals surface area contributed by atoms with E-state index in [9.17, 15) is 0 Å². The van der Waals surface area contributed by atoms with Crippen LogP contribution in [-0.4, -0.2) is 10.2 Å². The highest BCUT2D eigenvalue weighted by molar-refractivity contribution is 6.30. The molecule has 0 amide bonds. The molecule has 0 aliphatic rings. The van der Waals surface area contributed by atoms with Gasteiger partial charge in [-0.1, -0.05) is 36.7 Å². The van der Waals surface area contributed by atoms with Crippen molar-refractivity contribution >= 4 is 28.2 Å². The number of H-pyrrole nitrogens is 1. The molecule has 4 heteroatoms. The molecule has 20 heavy (non-hydrogen) atoms. The van der Waals surface area contributed by atoms with Crippen molar-refractivity contribution in [2.45, 2.75) is 19.4 Å². The minimum atomic E-state index is 0.257. The van der Waals surface area contributed by atoms with Gasteiger partial charge in [0, 0.05) is 16.1 Å². The second-order valence-electron chi connectivity index (χ2n) is 4.79. The number of nitrogens with zero attached hydrogens (tertiary/aromatic N) is 1. The maximum atomic E-state index is 5.95. The lowest BCUT2D eigenvalue weighted by molar-refractivity contribution is 0.750. The molecule has 1 heterocycles. The van der Waals surface area contributed by atoms with Crippen LogP contribution in [0.15, 0.2) is 48.7 Å². The number of anilines is 1. The van der Waals surface area contributed by atoms with Gasteiger partial charge in [0.25, 0.3) is 0 Å². The Balaban J connectivity index is 1.91. The molecule has 1 atom stereocenters. The SMILES string of the molecule is CCC(Nc1cccc2[nH]ncc12)c1ccc(Cl)cc1. The number of aromatic amines is 1. The van der Waals surface area contributed by atoms with Crippen molar-refractivity contribution in [3.05, 3.63) is 59.2 Å². The summed E-state index contributed by atoms with van der Waals surface area (Å²) in [6, 6.07) is 14.4. The van der Waals surface area contributed by atoms with Gasteiger partial charge in [-0.25, -0.2) is 0 Å². The average Bonchev–Trinajstić information content (AvgIpc) is 2.95. The van der Waals surface area contributed by atoms with Crippen LogP contribution in [0.25, 0.3) is 10.9 Å². The highest BCUT2D eigenvalue weighted by Gasteiger charge is 2.11. The Hall–Kier alpha value is -2.00. The van der Waals surface area contributed by atoms with Gasteiger partial charge in [-0.15, -0.1) is 0 Å². The lowest BCUT2D eigenvalue weighted by Crippen LogP contribution is -2.09. The van der Waals surface area contributed by atoms with Gasteiger partial charge >= 0.3 is 0 Å². The zero-order valence-corrected chi connectivity index (χ0v) is 12.0. The number of hydrogen-bond acceptors (Lipinski definition) is 2. The van der Waals surface area contributed by atoms with E-state index in [2.05, 4.69) is 40.6 Å². The minimum Gasteiger partial charge on any atom is -0.378 e. The van der Waals surface area contributed by atoms with Crippen LogP contribution in [0, 0.1) is 0 Å². The van der Waals surface area contributed by atoms with E-state index < -0.39 is 0 Å². The van der Waals surface area contributed by atoms with E-state index in [1.54, 1.807) is 0 Å². The summed E-state index contributed by atoms with van der Waals surface area (Å²) in [6.07, 6.45) is 2.85. The van der Waals surface area contributed by atoms with Gasteiger partial charge in [0.15, 0.2) is 0 Å². The molecular formula is C16H16ClN3. The van der Waals surface area contributed by atoms with E-state index in [0.29, 0.717) is 0 Å². The fourth-order valence-electron chi connectivity index (χ4n) is 2.40.